The van der Waals surface area contributed by atoms with Crippen molar-refractivity contribution < 1.29 is 33.3 Å². The molecule has 0 saturated carbocycles. The Balaban J connectivity index is 1.25. The molecule has 49 heavy (non-hydrogen) atoms. The second kappa shape index (κ2) is 15.3. The highest BCUT2D eigenvalue weighted by Gasteiger charge is 2.37. The maximum absolute atomic E-state index is 13.8. The van der Waals surface area contributed by atoms with E-state index in [0.717, 1.165) is 32.5 Å². The molecule has 1 amide bonds. The lowest BCUT2D eigenvalue weighted by Crippen LogP contribution is -2.53. The molecule has 2 aromatic heterocycles. The molecule has 2 atom stereocenters. The van der Waals surface area contributed by atoms with E-state index >= 15 is 0 Å². The highest BCUT2D eigenvalue weighted by molar-refractivity contribution is 6.35. The summed E-state index contributed by atoms with van der Waals surface area (Å²) in [6.45, 7) is 2.94. The van der Waals surface area contributed by atoms with Crippen molar-refractivity contribution in [1.82, 2.24) is 9.88 Å². The fraction of sp³-hybridized carbons (Fsp3) is 0.333. The van der Waals surface area contributed by atoms with Crippen LogP contribution in [0.15, 0.2) is 79.4 Å². The molecule has 11 nitrogen and oxygen atoms in total. The number of pyridine rings is 2. The average Bonchev–Trinajstić information content (AvgIpc) is 3.12. The van der Waals surface area contributed by atoms with Crippen molar-refractivity contribution in [3.63, 3.8) is 0 Å². The van der Waals surface area contributed by atoms with Gasteiger partial charge in [0.25, 0.3) is 0 Å². The first-order valence-electron chi connectivity index (χ1n) is 15.9. The number of piperidine rings is 3. The van der Waals surface area contributed by atoms with Gasteiger partial charge in [-0.2, -0.15) is 4.73 Å². The number of amides is 1. The number of rotatable bonds is 11. The zero-order valence-corrected chi connectivity index (χ0v) is 28.6. The van der Waals surface area contributed by atoms with Crippen LogP contribution in [0.1, 0.15) is 46.0 Å². The quantitative estimate of drug-likeness (QED) is 0.0990. The Labute approximate surface area is 294 Å². The summed E-state index contributed by atoms with van der Waals surface area (Å²) >= 11 is 12.8. The number of ether oxygens (including phenoxy) is 4. The molecule has 4 aromatic rings. The van der Waals surface area contributed by atoms with Crippen molar-refractivity contribution in [1.29, 1.82) is 0 Å². The van der Waals surface area contributed by atoms with Gasteiger partial charge in [0, 0.05) is 24.7 Å². The molecule has 1 unspecified atom stereocenters. The first kappa shape index (κ1) is 34.3. The van der Waals surface area contributed by atoms with Crippen LogP contribution in [0.5, 0.6) is 11.5 Å². The van der Waals surface area contributed by atoms with Gasteiger partial charge in [0.1, 0.15) is 22.3 Å². The van der Waals surface area contributed by atoms with Crippen LogP contribution < -0.4 is 19.1 Å². The Bertz CT molecular complexity index is 1780. The number of aromatic nitrogens is 2. The van der Waals surface area contributed by atoms with E-state index < -0.39 is 18.2 Å². The van der Waals surface area contributed by atoms with Gasteiger partial charge in [-0.25, -0.2) is 9.59 Å². The normalized spacial score (nSPS) is 18.7. The van der Waals surface area contributed by atoms with E-state index in [1.54, 1.807) is 60.9 Å². The highest BCUT2D eigenvalue weighted by Crippen LogP contribution is 2.36. The molecule has 5 heterocycles. The predicted molar refractivity (Wildman–Crippen MR) is 183 cm³/mol. The van der Waals surface area contributed by atoms with Crippen LogP contribution in [0, 0.1) is 11.1 Å². The summed E-state index contributed by atoms with van der Waals surface area (Å²) in [6, 6.07) is 15.6. The second-order valence-corrected chi connectivity index (χ2v) is 12.9. The van der Waals surface area contributed by atoms with Gasteiger partial charge in [-0.3, -0.25) is 14.8 Å². The monoisotopic (exact) mass is 706 g/mol. The molecule has 3 fully saturated rings. The van der Waals surface area contributed by atoms with Gasteiger partial charge in [0.2, 0.25) is 0 Å². The number of fused-ring (bicyclic) bond motifs is 3. The Kier molecular flexibility index (Phi) is 10.7. The third kappa shape index (κ3) is 8.01. The van der Waals surface area contributed by atoms with Crippen molar-refractivity contribution in [3.8, 4) is 11.5 Å². The zero-order valence-electron chi connectivity index (χ0n) is 27.1. The van der Waals surface area contributed by atoms with E-state index in [1.165, 1.54) is 31.5 Å². The van der Waals surface area contributed by atoms with Crippen LogP contribution in [-0.2, 0) is 22.4 Å². The molecule has 3 saturated heterocycles. The number of methoxy groups -OCH3 is 2. The number of hydrogen-bond acceptors (Lipinski definition) is 9. The fourth-order valence-corrected chi connectivity index (χ4v) is 6.98. The van der Waals surface area contributed by atoms with Crippen molar-refractivity contribution in [2.75, 3.05) is 38.8 Å². The van der Waals surface area contributed by atoms with Gasteiger partial charge >= 0.3 is 12.1 Å². The van der Waals surface area contributed by atoms with E-state index in [1.807, 2.05) is 6.07 Å². The molecule has 0 spiro atoms. The Morgan fingerprint density at radius 3 is 2.43 bits per heavy atom. The van der Waals surface area contributed by atoms with Crippen LogP contribution >= 0.6 is 23.2 Å². The summed E-state index contributed by atoms with van der Waals surface area (Å²) in [6.07, 6.45) is 6.21. The van der Waals surface area contributed by atoms with E-state index in [2.05, 4.69) is 9.88 Å². The molecule has 256 valence electrons. The number of anilines is 1. The highest BCUT2D eigenvalue weighted by atomic mass is 35.5. The third-order valence-corrected chi connectivity index (χ3v) is 9.66. The number of carbonyl (C=O) groups excluding carboxylic acids is 2. The molecule has 7 rings (SSSR count). The van der Waals surface area contributed by atoms with Crippen molar-refractivity contribution >= 4 is 41.0 Å². The molecule has 0 radical (unpaired) electrons. The Hall–Kier alpha value is -4.58. The van der Waals surface area contributed by atoms with Crippen molar-refractivity contribution in [2.45, 2.75) is 38.0 Å². The maximum Gasteiger partial charge on any atom is 0.414 e. The van der Waals surface area contributed by atoms with Crippen LogP contribution in [0.2, 0.25) is 10.0 Å². The van der Waals surface area contributed by atoms with Gasteiger partial charge in [-0.15, -0.1) is 0 Å². The number of hydrogen-bond donors (Lipinski definition) is 0. The van der Waals surface area contributed by atoms with Gasteiger partial charge in [-0.1, -0.05) is 41.4 Å². The summed E-state index contributed by atoms with van der Waals surface area (Å²) in [5.41, 5.74) is 2.55. The molecule has 0 aliphatic carbocycles. The van der Waals surface area contributed by atoms with E-state index in [0.29, 0.717) is 44.5 Å². The smallest absolute Gasteiger partial charge is 0.414 e. The van der Waals surface area contributed by atoms with Gasteiger partial charge in [0.05, 0.1) is 38.2 Å². The number of esters is 1. The first-order valence-corrected chi connectivity index (χ1v) is 16.7. The van der Waals surface area contributed by atoms with E-state index in [-0.39, 0.29) is 34.7 Å². The lowest BCUT2D eigenvalue weighted by molar-refractivity contribution is -0.605. The summed E-state index contributed by atoms with van der Waals surface area (Å²) in [7, 11) is 3.03. The van der Waals surface area contributed by atoms with Crippen LogP contribution in [0.3, 0.4) is 0 Å². The molecule has 13 heteroatoms. The summed E-state index contributed by atoms with van der Waals surface area (Å²) in [5.74, 6) is 0.665. The van der Waals surface area contributed by atoms with E-state index in [4.69, 9.17) is 42.1 Å². The maximum atomic E-state index is 13.8. The first-order chi connectivity index (χ1) is 23.7. The molecule has 3 aliphatic rings. The number of benzene rings is 2. The minimum atomic E-state index is -0.878. The standard InChI is InChI=1S/C36H36Cl2N4O7/c1-46-31-9-8-25(16-33(31)47-2)32(17-28-29(37)20-41(45)21-30(28)38)48-35(43)26-6-3-5-23(15-26)19-42(27-7-4-12-39-18-27)36(44)49-34-22-40-13-10-24(34)11-14-40/h3-9,12,15-16,18,20-21,24,32,34H,10-11,13-14,17,19,22H2,1-2H3/t32?,34-/m0/s1. The summed E-state index contributed by atoms with van der Waals surface area (Å²) in [5, 5.41) is 12.2. The SMILES string of the molecule is COc1ccc(C(Cc2c(Cl)c[n+]([O-])cc2Cl)OC(=O)c2cccc(CN(C(=O)O[C@H]3CN4CCC3CC4)c3cccnc3)c2)cc1OC. The minimum absolute atomic E-state index is 0.0691. The van der Waals surface area contributed by atoms with Crippen molar-refractivity contribution in [2.24, 2.45) is 5.92 Å². The molecular formula is C36H36Cl2N4O7. The third-order valence-electron chi connectivity index (χ3n) is 9.01. The average molecular weight is 708 g/mol. The molecule has 0 N–H and O–H groups in total. The van der Waals surface area contributed by atoms with Crippen molar-refractivity contribution in [3.05, 3.63) is 117 Å². The molecule has 2 bridgehead atoms. The van der Waals surface area contributed by atoms with Crippen LogP contribution in [-0.4, -0.2) is 61.9 Å². The Morgan fingerprint density at radius 1 is 1.02 bits per heavy atom. The van der Waals surface area contributed by atoms with Crippen LogP contribution in [0.25, 0.3) is 0 Å². The van der Waals surface area contributed by atoms with Gasteiger partial charge in [-0.05, 0) is 79.4 Å². The largest absolute Gasteiger partial charge is 0.619 e. The van der Waals surface area contributed by atoms with E-state index in [9.17, 15) is 14.8 Å². The fourth-order valence-electron chi connectivity index (χ4n) is 6.38. The lowest BCUT2D eigenvalue weighted by atomic mass is 9.86. The van der Waals surface area contributed by atoms with Gasteiger partial charge < -0.3 is 24.2 Å². The number of nitrogens with zero attached hydrogens (tertiary/aromatic N) is 4. The summed E-state index contributed by atoms with van der Waals surface area (Å²) in [4.78, 5) is 35.5. The number of carbonyl (C=O) groups is 2. The molecule has 2 aromatic carbocycles. The second-order valence-electron chi connectivity index (χ2n) is 12.1. The topological polar surface area (TPSA) is 117 Å². The predicted octanol–water partition coefficient (Wildman–Crippen LogP) is 6.42. The lowest BCUT2D eigenvalue weighted by Gasteiger charge is -2.44. The molecule has 3 aliphatic heterocycles. The van der Waals surface area contributed by atoms with Gasteiger partial charge in [0.15, 0.2) is 23.9 Å². The molecular weight excluding hydrogens is 671 g/mol. The Morgan fingerprint density at radius 2 is 1.78 bits per heavy atom. The van der Waals surface area contributed by atoms with Crippen LogP contribution in [0.4, 0.5) is 10.5 Å². The number of halogens is 2. The minimum Gasteiger partial charge on any atom is -0.619 e. The summed E-state index contributed by atoms with van der Waals surface area (Å²) < 4.78 is 23.6. The zero-order chi connectivity index (χ0) is 34.5.